The van der Waals surface area contributed by atoms with Crippen LogP contribution in [0.25, 0.3) is 22.2 Å². The quantitative estimate of drug-likeness (QED) is 0.566. The maximum absolute atomic E-state index is 13.1. The second kappa shape index (κ2) is 6.33. The van der Waals surface area contributed by atoms with Gasteiger partial charge in [0.1, 0.15) is 5.69 Å². The molecule has 5 nitrogen and oxygen atoms in total. The second-order valence-electron chi connectivity index (χ2n) is 6.31. The van der Waals surface area contributed by atoms with Gasteiger partial charge in [0.25, 0.3) is 0 Å². The fourth-order valence-corrected chi connectivity index (χ4v) is 3.60. The molecule has 2 aromatic carbocycles. The Bertz CT molecular complexity index is 940. The molecule has 1 aliphatic rings. The van der Waals surface area contributed by atoms with E-state index in [0.29, 0.717) is 0 Å². The van der Waals surface area contributed by atoms with Crippen LogP contribution in [0.15, 0.2) is 36.4 Å². The molecule has 1 aliphatic carbocycles. The second-order valence-corrected chi connectivity index (χ2v) is 6.31. The molecule has 25 heavy (non-hydrogen) atoms. The molecule has 0 atom stereocenters. The summed E-state index contributed by atoms with van der Waals surface area (Å²) in [7, 11) is 0. The number of aromatic amines is 1. The number of carbonyl (C=O) groups is 1. The van der Waals surface area contributed by atoms with E-state index >= 15 is 0 Å². The summed E-state index contributed by atoms with van der Waals surface area (Å²) in [6.07, 6.45) is 0. The predicted octanol–water partition coefficient (Wildman–Crippen LogP) is 3.53. The Morgan fingerprint density at radius 1 is 1.08 bits per heavy atom. The van der Waals surface area contributed by atoms with Crippen molar-refractivity contribution in [2.45, 2.75) is 13.8 Å². The SMILES string of the molecule is CCN(CC)CCNc1ccc2[nH]nc3c2c1C(=O)c1ccccc1-3. The summed E-state index contributed by atoms with van der Waals surface area (Å²) >= 11 is 0. The first-order valence-electron chi connectivity index (χ1n) is 8.86. The van der Waals surface area contributed by atoms with Crippen LogP contribution in [-0.4, -0.2) is 47.1 Å². The maximum atomic E-state index is 13.1. The number of carbonyl (C=O) groups excluding carboxylic acids is 1. The largest absolute Gasteiger partial charge is 0.383 e. The van der Waals surface area contributed by atoms with E-state index < -0.39 is 0 Å². The summed E-state index contributed by atoms with van der Waals surface area (Å²) < 4.78 is 0. The number of benzene rings is 2. The number of anilines is 1. The minimum absolute atomic E-state index is 0.0699. The molecule has 0 amide bonds. The van der Waals surface area contributed by atoms with Gasteiger partial charge in [-0.25, -0.2) is 0 Å². The summed E-state index contributed by atoms with van der Waals surface area (Å²) in [5.74, 6) is 0.0699. The number of hydrogen-bond donors (Lipinski definition) is 2. The van der Waals surface area contributed by atoms with Crippen molar-refractivity contribution < 1.29 is 4.79 Å². The van der Waals surface area contributed by atoms with Crippen LogP contribution >= 0.6 is 0 Å². The molecule has 5 heteroatoms. The molecule has 0 saturated heterocycles. The molecule has 1 heterocycles. The van der Waals surface area contributed by atoms with E-state index in [-0.39, 0.29) is 5.78 Å². The Hall–Kier alpha value is -2.66. The lowest BCUT2D eigenvalue weighted by molar-refractivity contribution is 0.104. The molecule has 0 unspecified atom stereocenters. The standard InChI is InChI=1S/C20H22N4O/c1-3-24(4-2)12-11-21-15-9-10-16-17-18(15)20(25)14-8-6-5-7-13(14)19(17)23-22-16/h5-10,21H,3-4,11-12H2,1-2H3,(H,22,23). The fourth-order valence-electron chi connectivity index (χ4n) is 3.60. The monoisotopic (exact) mass is 334 g/mol. The molecule has 4 rings (SSSR count). The molecule has 0 saturated carbocycles. The van der Waals surface area contributed by atoms with Crippen molar-refractivity contribution in [1.29, 1.82) is 0 Å². The van der Waals surface area contributed by atoms with Crippen LogP contribution in [0.1, 0.15) is 29.8 Å². The molecular formula is C20H22N4O. The van der Waals surface area contributed by atoms with E-state index in [1.165, 1.54) is 0 Å². The van der Waals surface area contributed by atoms with Crippen LogP contribution < -0.4 is 5.32 Å². The number of nitrogens with one attached hydrogen (secondary N) is 2. The van der Waals surface area contributed by atoms with E-state index in [0.717, 1.165) is 65.2 Å². The lowest BCUT2D eigenvalue weighted by Crippen LogP contribution is -2.29. The predicted molar refractivity (Wildman–Crippen MR) is 101 cm³/mol. The Kier molecular flexibility index (Phi) is 4.01. The third kappa shape index (κ3) is 2.51. The minimum atomic E-state index is 0.0699. The van der Waals surface area contributed by atoms with Gasteiger partial charge in [-0.15, -0.1) is 0 Å². The van der Waals surface area contributed by atoms with Crippen LogP contribution in [-0.2, 0) is 0 Å². The number of ketones is 1. The van der Waals surface area contributed by atoms with Crippen LogP contribution in [0, 0.1) is 0 Å². The Balaban J connectivity index is 1.75. The molecule has 0 aliphatic heterocycles. The first kappa shape index (κ1) is 15.8. The zero-order chi connectivity index (χ0) is 17.4. The number of aromatic nitrogens is 2. The third-order valence-corrected chi connectivity index (χ3v) is 5.02. The number of rotatable bonds is 6. The highest BCUT2D eigenvalue weighted by Crippen LogP contribution is 2.40. The highest BCUT2D eigenvalue weighted by molar-refractivity contribution is 6.27. The molecule has 0 bridgehead atoms. The van der Waals surface area contributed by atoms with E-state index in [2.05, 4.69) is 34.3 Å². The van der Waals surface area contributed by atoms with Crippen LogP contribution in [0.5, 0.6) is 0 Å². The van der Waals surface area contributed by atoms with Gasteiger partial charge >= 0.3 is 0 Å². The van der Waals surface area contributed by atoms with Crippen molar-refractivity contribution in [3.63, 3.8) is 0 Å². The summed E-state index contributed by atoms with van der Waals surface area (Å²) in [6, 6.07) is 11.7. The summed E-state index contributed by atoms with van der Waals surface area (Å²) in [4.78, 5) is 15.5. The summed E-state index contributed by atoms with van der Waals surface area (Å²) in [5, 5.41) is 11.9. The molecule has 3 aromatic rings. The van der Waals surface area contributed by atoms with Gasteiger partial charge in [-0.1, -0.05) is 38.1 Å². The molecule has 128 valence electrons. The average Bonchev–Trinajstić information content (AvgIpc) is 3.08. The zero-order valence-electron chi connectivity index (χ0n) is 14.6. The molecule has 2 N–H and O–H groups in total. The summed E-state index contributed by atoms with van der Waals surface area (Å²) in [5.41, 5.74) is 5.03. The number of hydrogen-bond acceptors (Lipinski definition) is 4. The van der Waals surface area contributed by atoms with Crippen LogP contribution in [0.4, 0.5) is 5.69 Å². The van der Waals surface area contributed by atoms with Crippen LogP contribution in [0.2, 0.25) is 0 Å². The van der Waals surface area contributed by atoms with Crippen molar-refractivity contribution in [3.8, 4) is 11.3 Å². The topological polar surface area (TPSA) is 61.0 Å². The van der Waals surface area contributed by atoms with Crippen LogP contribution in [0.3, 0.4) is 0 Å². The Morgan fingerprint density at radius 3 is 2.60 bits per heavy atom. The average molecular weight is 334 g/mol. The van der Waals surface area contributed by atoms with Crippen molar-refractivity contribution >= 4 is 22.4 Å². The van der Waals surface area contributed by atoms with Crippen molar-refractivity contribution in [1.82, 2.24) is 15.1 Å². The lowest BCUT2D eigenvalue weighted by atomic mass is 9.86. The molecule has 1 aromatic heterocycles. The van der Waals surface area contributed by atoms with Crippen molar-refractivity contribution in [3.05, 3.63) is 47.5 Å². The third-order valence-electron chi connectivity index (χ3n) is 5.02. The first-order valence-corrected chi connectivity index (χ1v) is 8.86. The number of fused-ring (bicyclic) bond motifs is 2. The number of H-pyrrole nitrogens is 1. The van der Waals surface area contributed by atoms with E-state index in [1.807, 2.05) is 36.4 Å². The molecule has 0 spiro atoms. The normalized spacial score (nSPS) is 12.7. The number of likely N-dealkylation sites (N-methyl/N-ethyl adjacent to an activating group) is 1. The Labute approximate surface area is 147 Å². The Morgan fingerprint density at radius 2 is 1.84 bits per heavy atom. The van der Waals surface area contributed by atoms with Crippen molar-refractivity contribution in [2.24, 2.45) is 0 Å². The molecular weight excluding hydrogens is 312 g/mol. The van der Waals surface area contributed by atoms with Gasteiger partial charge in [0, 0.05) is 35.3 Å². The van der Waals surface area contributed by atoms with Gasteiger partial charge in [-0.05, 0) is 25.2 Å². The fraction of sp³-hybridized carbons (Fsp3) is 0.300. The van der Waals surface area contributed by atoms with Gasteiger partial charge in [0.2, 0.25) is 0 Å². The van der Waals surface area contributed by atoms with Gasteiger partial charge in [0.15, 0.2) is 5.78 Å². The van der Waals surface area contributed by atoms with Gasteiger partial charge in [0.05, 0.1) is 11.1 Å². The highest BCUT2D eigenvalue weighted by atomic mass is 16.1. The highest BCUT2D eigenvalue weighted by Gasteiger charge is 2.29. The van der Waals surface area contributed by atoms with Gasteiger partial charge in [-0.3, -0.25) is 9.89 Å². The molecule has 0 radical (unpaired) electrons. The van der Waals surface area contributed by atoms with E-state index in [4.69, 9.17) is 0 Å². The van der Waals surface area contributed by atoms with Gasteiger partial charge < -0.3 is 10.2 Å². The van der Waals surface area contributed by atoms with E-state index in [9.17, 15) is 4.79 Å². The van der Waals surface area contributed by atoms with E-state index in [1.54, 1.807) is 0 Å². The summed E-state index contributed by atoms with van der Waals surface area (Å²) in [6.45, 7) is 8.15. The maximum Gasteiger partial charge on any atom is 0.196 e. The van der Waals surface area contributed by atoms with Crippen molar-refractivity contribution in [2.75, 3.05) is 31.5 Å². The number of nitrogens with zero attached hydrogens (tertiary/aromatic N) is 2. The smallest absolute Gasteiger partial charge is 0.196 e. The zero-order valence-corrected chi connectivity index (χ0v) is 14.6. The lowest BCUT2D eigenvalue weighted by Gasteiger charge is -2.21. The molecule has 0 fully saturated rings. The first-order chi connectivity index (χ1) is 12.2. The van der Waals surface area contributed by atoms with Gasteiger partial charge in [-0.2, -0.15) is 5.10 Å². The minimum Gasteiger partial charge on any atom is -0.383 e.